The minimum Gasteiger partial charge on any atom is -0.328 e. The van der Waals surface area contributed by atoms with Crippen molar-refractivity contribution in [3.05, 3.63) is 0 Å². The van der Waals surface area contributed by atoms with Gasteiger partial charge in [0.05, 0.1) is 6.26 Å². The van der Waals surface area contributed by atoms with E-state index in [9.17, 15) is 8.42 Å². The van der Waals surface area contributed by atoms with Crippen LogP contribution in [0, 0.1) is 5.92 Å². The fourth-order valence-electron chi connectivity index (χ4n) is 1.88. The summed E-state index contributed by atoms with van der Waals surface area (Å²) >= 11 is 0. The molecule has 3 N–H and O–H groups in total. The fraction of sp³-hybridized carbons (Fsp3) is 1.00. The third-order valence-corrected chi connectivity index (χ3v) is 3.57. The van der Waals surface area contributed by atoms with Crippen LogP contribution in [0.2, 0.25) is 0 Å². The summed E-state index contributed by atoms with van der Waals surface area (Å²) in [6, 6.07) is 0.234. The lowest BCUT2D eigenvalue weighted by atomic mass is 10.0. The second kappa shape index (κ2) is 6.76. The lowest BCUT2D eigenvalue weighted by Crippen LogP contribution is -2.35. The second-order valence-corrected chi connectivity index (χ2v) is 6.21. The number of rotatable bonds is 5. The Balaban J connectivity index is 0.00000225. The van der Waals surface area contributed by atoms with E-state index in [1.54, 1.807) is 0 Å². The molecule has 0 aromatic carbocycles. The van der Waals surface area contributed by atoms with E-state index < -0.39 is 10.0 Å². The number of halogens is 1. The number of nitrogens with two attached hydrogens (primary N) is 1. The first kappa shape index (κ1) is 16.1. The van der Waals surface area contributed by atoms with Crippen LogP contribution in [0.25, 0.3) is 0 Å². The Morgan fingerprint density at radius 1 is 1.56 bits per heavy atom. The highest BCUT2D eigenvalue weighted by molar-refractivity contribution is 7.88. The average Bonchev–Trinajstić information content (AvgIpc) is 2.50. The van der Waals surface area contributed by atoms with Gasteiger partial charge in [0, 0.05) is 25.7 Å². The van der Waals surface area contributed by atoms with Gasteiger partial charge >= 0.3 is 0 Å². The first-order chi connectivity index (χ1) is 6.88. The predicted molar refractivity (Wildman–Crippen MR) is 68.3 cm³/mol. The highest BCUT2D eigenvalue weighted by Crippen LogP contribution is 2.17. The summed E-state index contributed by atoms with van der Waals surface area (Å²) in [6.45, 7) is 5.31. The van der Waals surface area contributed by atoms with E-state index >= 15 is 0 Å². The molecule has 5 nitrogen and oxygen atoms in total. The number of hydrogen-bond acceptors (Lipinski definition) is 4. The van der Waals surface area contributed by atoms with Crippen molar-refractivity contribution in [3.63, 3.8) is 0 Å². The molecule has 0 bridgehead atoms. The molecular weight excluding hydrogens is 250 g/mol. The van der Waals surface area contributed by atoms with Gasteiger partial charge in [0.25, 0.3) is 0 Å². The molecule has 0 aromatic heterocycles. The van der Waals surface area contributed by atoms with Gasteiger partial charge in [-0.25, -0.2) is 13.1 Å². The summed E-state index contributed by atoms with van der Waals surface area (Å²) in [7, 11) is -3.05. The number of likely N-dealkylation sites (tertiary alicyclic amines) is 1. The van der Waals surface area contributed by atoms with Crippen molar-refractivity contribution in [2.24, 2.45) is 11.7 Å². The second-order valence-electron chi connectivity index (χ2n) is 4.37. The predicted octanol–water partition coefficient (Wildman–Crippen LogP) is -0.373. The zero-order valence-electron chi connectivity index (χ0n) is 9.85. The first-order valence-corrected chi connectivity index (χ1v) is 7.20. The first-order valence-electron chi connectivity index (χ1n) is 5.31. The molecule has 1 heterocycles. The molecule has 2 unspecified atom stereocenters. The molecule has 16 heavy (non-hydrogen) atoms. The van der Waals surface area contributed by atoms with Crippen LogP contribution in [-0.2, 0) is 10.0 Å². The number of nitrogens with zero attached hydrogens (tertiary/aromatic N) is 1. The third kappa shape index (κ3) is 6.00. The maximum atomic E-state index is 10.8. The van der Waals surface area contributed by atoms with Crippen molar-refractivity contribution >= 4 is 22.4 Å². The molecule has 1 aliphatic rings. The minimum atomic E-state index is -3.05. The SMILES string of the molecule is CC(N)C1CCN(CCNS(C)(=O)=O)C1.Cl. The van der Waals surface area contributed by atoms with Gasteiger partial charge in [0.2, 0.25) is 10.0 Å². The molecule has 1 rings (SSSR count). The van der Waals surface area contributed by atoms with Gasteiger partial charge in [-0.15, -0.1) is 12.4 Å². The van der Waals surface area contributed by atoms with E-state index in [1.165, 1.54) is 6.26 Å². The molecule has 7 heteroatoms. The van der Waals surface area contributed by atoms with E-state index in [1.807, 2.05) is 6.92 Å². The lowest BCUT2D eigenvalue weighted by Gasteiger charge is -2.17. The van der Waals surface area contributed by atoms with Gasteiger partial charge in [-0.05, 0) is 25.8 Å². The average molecular weight is 272 g/mol. The Morgan fingerprint density at radius 2 is 2.19 bits per heavy atom. The Bertz CT molecular complexity index is 295. The van der Waals surface area contributed by atoms with Crippen molar-refractivity contribution < 1.29 is 8.42 Å². The van der Waals surface area contributed by atoms with E-state index in [0.29, 0.717) is 12.5 Å². The van der Waals surface area contributed by atoms with Crippen molar-refractivity contribution in [2.45, 2.75) is 19.4 Å². The van der Waals surface area contributed by atoms with Crippen LogP contribution in [-0.4, -0.2) is 51.8 Å². The minimum absolute atomic E-state index is 0. The summed E-state index contributed by atoms with van der Waals surface area (Å²) < 4.78 is 24.1. The summed E-state index contributed by atoms with van der Waals surface area (Å²) in [6.07, 6.45) is 2.30. The molecule has 0 saturated carbocycles. The van der Waals surface area contributed by atoms with E-state index in [4.69, 9.17) is 5.73 Å². The summed E-state index contributed by atoms with van der Waals surface area (Å²) in [5, 5.41) is 0. The van der Waals surface area contributed by atoms with Gasteiger partial charge in [-0.2, -0.15) is 0 Å². The van der Waals surface area contributed by atoms with Gasteiger partial charge in [0.1, 0.15) is 0 Å². The zero-order chi connectivity index (χ0) is 11.5. The van der Waals surface area contributed by atoms with Crippen molar-refractivity contribution in [1.82, 2.24) is 9.62 Å². The van der Waals surface area contributed by atoms with Gasteiger partial charge in [-0.3, -0.25) is 0 Å². The number of sulfonamides is 1. The van der Waals surface area contributed by atoms with Crippen molar-refractivity contribution in [2.75, 3.05) is 32.4 Å². The van der Waals surface area contributed by atoms with E-state index in [-0.39, 0.29) is 18.4 Å². The largest absolute Gasteiger partial charge is 0.328 e. The fourth-order valence-corrected chi connectivity index (χ4v) is 2.35. The summed E-state index contributed by atoms with van der Waals surface area (Å²) in [5.41, 5.74) is 5.82. The quantitative estimate of drug-likeness (QED) is 0.715. The molecule has 0 aromatic rings. The van der Waals surface area contributed by atoms with E-state index in [2.05, 4.69) is 9.62 Å². The summed E-state index contributed by atoms with van der Waals surface area (Å²) in [4.78, 5) is 2.26. The number of nitrogens with one attached hydrogen (secondary N) is 1. The van der Waals surface area contributed by atoms with E-state index in [0.717, 1.165) is 26.1 Å². The molecular formula is C9H22ClN3O2S. The highest BCUT2D eigenvalue weighted by Gasteiger charge is 2.24. The smallest absolute Gasteiger partial charge is 0.208 e. The molecule has 1 saturated heterocycles. The van der Waals surface area contributed by atoms with Crippen LogP contribution >= 0.6 is 12.4 Å². The molecule has 98 valence electrons. The van der Waals surface area contributed by atoms with Gasteiger partial charge in [-0.1, -0.05) is 0 Å². The Kier molecular flexibility index (Phi) is 6.81. The lowest BCUT2D eigenvalue weighted by molar-refractivity contribution is 0.320. The van der Waals surface area contributed by atoms with Crippen LogP contribution in [0.3, 0.4) is 0 Å². The van der Waals surface area contributed by atoms with Crippen LogP contribution in [0.1, 0.15) is 13.3 Å². The normalized spacial score (nSPS) is 24.1. The Labute approximate surface area is 104 Å². The van der Waals surface area contributed by atoms with Crippen LogP contribution in [0.15, 0.2) is 0 Å². The molecule has 1 fully saturated rings. The van der Waals surface area contributed by atoms with Crippen molar-refractivity contribution in [3.8, 4) is 0 Å². The Morgan fingerprint density at radius 3 is 2.62 bits per heavy atom. The maximum Gasteiger partial charge on any atom is 0.208 e. The number of hydrogen-bond donors (Lipinski definition) is 2. The van der Waals surface area contributed by atoms with Crippen LogP contribution in [0.5, 0.6) is 0 Å². The standard InChI is InChI=1S/C9H21N3O2S.ClH/c1-8(10)9-3-5-12(7-9)6-4-11-15(2,13)14;/h8-9,11H,3-7,10H2,1-2H3;1H. The zero-order valence-corrected chi connectivity index (χ0v) is 11.5. The molecule has 0 spiro atoms. The molecule has 0 amide bonds. The third-order valence-electron chi connectivity index (χ3n) is 2.84. The van der Waals surface area contributed by atoms with Gasteiger partial charge in [0.15, 0.2) is 0 Å². The molecule has 2 atom stereocenters. The molecule has 1 aliphatic heterocycles. The maximum absolute atomic E-state index is 10.8. The van der Waals surface area contributed by atoms with Crippen LogP contribution < -0.4 is 10.5 Å². The van der Waals surface area contributed by atoms with Crippen molar-refractivity contribution in [1.29, 1.82) is 0 Å². The van der Waals surface area contributed by atoms with Crippen LogP contribution in [0.4, 0.5) is 0 Å². The molecule has 0 radical (unpaired) electrons. The van der Waals surface area contributed by atoms with Gasteiger partial charge < -0.3 is 10.6 Å². The highest BCUT2D eigenvalue weighted by atomic mass is 35.5. The topological polar surface area (TPSA) is 75.4 Å². The summed E-state index contributed by atoms with van der Waals surface area (Å²) in [5.74, 6) is 0.559. The molecule has 0 aliphatic carbocycles. The Hall–Kier alpha value is 0.120. The monoisotopic (exact) mass is 271 g/mol.